The molecule has 2 aromatic heterocycles. The Morgan fingerprint density at radius 3 is 2.88 bits per heavy atom. The van der Waals surface area contributed by atoms with Crippen LogP contribution in [0.2, 0.25) is 0 Å². The van der Waals surface area contributed by atoms with Crippen molar-refractivity contribution < 1.29 is 9.53 Å². The molecule has 0 saturated carbocycles. The molecule has 1 aliphatic rings. The normalized spacial score (nSPS) is 16.4. The van der Waals surface area contributed by atoms with E-state index in [1.807, 2.05) is 18.3 Å². The van der Waals surface area contributed by atoms with Crippen LogP contribution in [0, 0.1) is 0 Å². The molecule has 1 aliphatic heterocycles. The smallest absolute Gasteiger partial charge is 0.153 e. The van der Waals surface area contributed by atoms with Gasteiger partial charge in [-0.15, -0.1) is 0 Å². The fourth-order valence-electron chi connectivity index (χ4n) is 2.09. The van der Waals surface area contributed by atoms with E-state index in [0.29, 0.717) is 5.56 Å². The summed E-state index contributed by atoms with van der Waals surface area (Å²) in [5.74, 6) is 0. The number of hydrogen-bond acceptors (Lipinski definition) is 4. The molecule has 0 aliphatic carbocycles. The number of ether oxygens (including phenoxy) is 1. The van der Waals surface area contributed by atoms with E-state index in [9.17, 15) is 4.79 Å². The van der Waals surface area contributed by atoms with Crippen molar-refractivity contribution in [2.75, 3.05) is 31.2 Å². The number of fused-ring (bicyclic) bond motifs is 1. The summed E-state index contributed by atoms with van der Waals surface area (Å²) >= 11 is 0. The Bertz CT molecular complexity index is 544. The Labute approximate surface area is 98.6 Å². The van der Waals surface area contributed by atoms with Crippen LogP contribution in [0.4, 0.5) is 5.69 Å². The molecule has 3 rings (SSSR count). The number of pyridine rings is 1. The molecule has 0 bridgehead atoms. The fraction of sp³-hybridized carbons (Fsp3) is 0.333. The van der Waals surface area contributed by atoms with Crippen molar-refractivity contribution in [3.05, 3.63) is 30.1 Å². The molecule has 0 unspecified atom stereocenters. The predicted octanol–water partition coefficient (Wildman–Crippen LogP) is 0.983. The van der Waals surface area contributed by atoms with Crippen LogP contribution in [-0.2, 0) is 4.74 Å². The van der Waals surface area contributed by atoms with Crippen LogP contribution in [0.5, 0.6) is 0 Å². The summed E-state index contributed by atoms with van der Waals surface area (Å²) in [4.78, 5) is 13.0. The van der Waals surface area contributed by atoms with Gasteiger partial charge in [-0.1, -0.05) is 0 Å². The van der Waals surface area contributed by atoms with Gasteiger partial charge in [0.15, 0.2) is 6.29 Å². The van der Waals surface area contributed by atoms with Crippen LogP contribution < -0.4 is 4.90 Å². The zero-order chi connectivity index (χ0) is 11.7. The van der Waals surface area contributed by atoms with Crippen molar-refractivity contribution in [1.82, 2.24) is 9.61 Å². The van der Waals surface area contributed by atoms with Gasteiger partial charge < -0.3 is 9.64 Å². The van der Waals surface area contributed by atoms with Gasteiger partial charge >= 0.3 is 0 Å². The number of anilines is 1. The van der Waals surface area contributed by atoms with Gasteiger partial charge in [-0.3, -0.25) is 4.79 Å². The first kappa shape index (κ1) is 10.3. The van der Waals surface area contributed by atoms with Crippen LogP contribution in [0.3, 0.4) is 0 Å². The maximum atomic E-state index is 10.8. The molecule has 0 N–H and O–H groups in total. The molecule has 0 radical (unpaired) electrons. The highest BCUT2D eigenvalue weighted by Gasteiger charge is 2.12. The molecule has 5 nitrogen and oxygen atoms in total. The lowest BCUT2D eigenvalue weighted by molar-refractivity contribution is 0.112. The van der Waals surface area contributed by atoms with E-state index in [1.165, 1.54) is 0 Å². The Balaban J connectivity index is 1.98. The van der Waals surface area contributed by atoms with Gasteiger partial charge in [-0.25, -0.2) is 4.52 Å². The lowest BCUT2D eigenvalue weighted by atomic mass is 10.2. The molecule has 88 valence electrons. The zero-order valence-corrected chi connectivity index (χ0v) is 9.37. The number of morpholine rings is 1. The van der Waals surface area contributed by atoms with Crippen molar-refractivity contribution >= 4 is 17.5 Å². The molecule has 0 aromatic carbocycles. The second-order valence-corrected chi connectivity index (χ2v) is 4.03. The minimum atomic E-state index is 0.624. The first-order valence-electron chi connectivity index (χ1n) is 5.64. The Morgan fingerprint density at radius 2 is 2.12 bits per heavy atom. The summed E-state index contributed by atoms with van der Waals surface area (Å²) < 4.78 is 7.06. The number of aromatic nitrogens is 2. The van der Waals surface area contributed by atoms with Crippen molar-refractivity contribution in [2.45, 2.75) is 0 Å². The Hall–Kier alpha value is -1.88. The first-order chi connectivity index (χ1) is 8.38. The van der Waals surface area contributed by atoms with E-state index in [-0.39, 0.29) is 0 Å². The van der Waals surface area contributed by atoms with E-state index in [0.717, 1.165) is 43.8 Å². The first-order valence-corrected chi connectivity index (χ1v) is 5.64. The Morgan fingerprint density at radius 1 is 1.29 bits per heavy atom. The number of nitrogens with zero attached hydrogens (tertiary/aromatic N) is 3. The van der Waals surface area contributed by atoms with Gasteiger partial charge in [0, 0.05) is 13.1 Å². The van der Waals surface area contributed by atoms with Crippen molar-refractivity contribution in [1.29, 1.82) is 0 Å². The van der Waals surface area contributed by atoms with Gasteiger partial charge in [-0.05, 0) is 12.1 Å². The predicted molar refractivity (Wildman–Crippen MR) is 63.6 cm³/mol. The molecule has 5 heteroatoms. The van der Waals surface area contributed by atoms with E-state index >= 15 is 0 Å². The Kier molecular flexibility index (Phi) is 2.53. The summed E-state index contributed by atoms with van der Waals surface area (Å²) in [5, 5.41) is 4.17. The molecular formula is C12H13N3O2. The van der Waals surface area contributed by atoms with Gasteiger partial charge in [0.1, 0.15) is 0 Å². The molecule has 0 spiro atoms. The zero-order valence-electron chi connectivity index (χ0n) is 9.37. The quantitative estimate of drug-likeness (QED) is 0.723. The van der Waals surface area contributed by atoms with Crippen molar-refractivity contribution in [3.8, 4) is 0 Å². The molecule has 17 heavy (non-hydrogen) atoms. The maximum absolute atomic E-state index is 10.8. The van der Waals surface area contributed by atoms with Crippen LogP contribution in [0.25, 0.3) is 5.52 Å². The maximum Gasteiger partial charge on any atom is 0.153 e. The monoisotopic (exact) mass is 231 g/mol. The molecule has 1 saturated heterocycles. The summed E-state index contributed by atoms with van der Waals surface area (Å²) in [5.41, 5.74) is 2.58. The molecule has 0 atom stereocenters. The average molecular weight is 231 g/mol. The van der Waals surface area contributed by atoms with Crippen molar-refractivity contribution in [3.63, 3.8) is 0 Å². The lowest BCUT2D eigenvalue weighted by Gasteiger charge is -2.28. The summed E-state index contributed by atoms with van der Waals surface area (Å²) in [6.07, 6.45) is 4.37. The van der Waals surface area contributed by atoms with Gasteiger partial charge in [0.2, 0.25) is 0 Å². The second kappa shape index (κ2) is 4.18. The molecule has 0 amide bonds. The fourth-order valence-corrected chi connectivity index (χ4v) is 2.09. The minimum Gasteiger partial charge on any atom is -0.378 e. The molecular weight excluding hydrogens is 218 g/mol. The van der Waals surface area contributed by atoms with Crippen LogP contribution >= 0.6 is 0 Å². The average Bonchev–Trinajstić information content (AvgIpc) is 2.81. The highest BCUT2D eigenvalue weighted by Crippen LogP contribution is 2.18. The number of carbonyl (C=O) groups excluding carboxylic acids is 1. The van der Waals surface area contributed by atoms with Gasteiger partial charge in [-0.2, -0.15) is 5.10 Å². The summed E-state index contributed by atoms with van der Waals surface area (Å²) in [6, 6.07) is 3.96. The van der Waals surface area contributed by atoms with E-state index in [4.69, 9.17) is 4.74 Å². The molecule has 3 heterocycles. The van der Waals surface area contributed by atoms with E-state index in [2.05, 4.69) is 10.00 Å². The number of hydrogen-bond donors (Lipinski definition) is 0. The van der Waals surface area contributed by atoms with Gasteiger partial charge in [0.25, 0.3) is 0 Å². The SMILES string of the molecule is O=Cc1cnn2cc(N3CCOCC3)ccc12. The number of rotatable bonds is 2. The highest BCUT2D eigenvalue weighted by atomic mass is 16.5. The van der Waals surface area contributed by atoms with Crippen LogP contribution in [0.15, 0.2) is 24.5 Å². The third-order valence-corrected chi connectivity index (χ3v) is 3.03. The van der Waals surface area contributed by atoms with Crippen molar-refractivity contribution in [2.24, 2.45) is 0 Å². The minimum absolute atomic E-state index is 0.624. The molecule has 2 aromatic rings. The number of aldehydes is 1. The standard InChI is InChI=1S/C12H13N3O2/c16-9-10-7-13-15-8-11(1-2-12(10)15)14-3-5-17-6-4-14/h1-2,7-9H,3-6H2. The molecule has 1 fully saturated rings. The van der Waals surface area contributed by atoms with Gasteiger partial charge in [0.05, 0.1) is 42.4 Å². The second-order valence-electron chi connectivity index (χ2n) is 4.03. The van der Waals surface area contributed by atoms with E-state index < -0.39 is 0 Å². The van der Waals surface area contributed by atoms with Crippen LogP contribution in [-0.4, -0.2) is 42.2 Å². The third kappa shape index (κ3) is 1.78. The summed E-state index contributed by atoms with van der Waals surface area (Å²) in [7, 11) is 0. The lowest BCUT2D eigenvalue weighted by Crippen LogP contribution is -2.36. The van der Waals surface area contributed by atoms with E-state index in [1.54, 1.807) is 10.7 Å². The summed E-state index contributed by atoms with van der Waals surface area (Å²) in [6.45, 7) is 3.31. The third-order valence-electron chi connectivity index (χ3n) is 3.03. The highest BCUT2D eigenvalue weighted by molar-refractivity contribution is 5.85. The topological polar surface area (TPSA) is 46.8 Å². The number of carbonyl (C=O) groups is 1. The van der Waals surface area contributed by atoms with Crippen LogP contribution in [0.1, 0.15) is 10.4 Å². The largest absolute Gasteiger partial charge is 0.378 e.